The number of allylic oxidation sites excluding steroid dienone is 12. The van der Waals surface area contributed by atoms with Gasteiger partial charge >= 0.3 is 0 Å². The Hall–Kier alpha value is -3.71. The van der Waals surface area contributed by atoms with Gasteiger partial charge in [-0.1, -0.05) is 137 Å². The standard InChI is InChI=1S/C45H56O/c1-6-14-39(17-13-12-16-36(8-3)20-22-38-23-21-37(33-35(38)5)32-34(4)30-31-46)44(15-7-2)40-24-26-42(27-25-40)45(43-28-29-43)41-18-10-9-11-19-41/h6,9-11,14,18-24,26-27,31,33-34,36H,1,7-8,12-13,15-17,25,28-30,32H2,2-5H3/b22-20-,39-14-,44-40-. The van der Waals surface area contributed by atoms with Gasteiger partial charge in [-0.3, -0.25) is 0 Å². The quantitative estimate of drug-likeness (QED) is 0.0930. The van der Waals surface area contributed by atoms with E-state index < -0.39 is 0 Å². The van der Waals surface area contributed by atoms with Crippen molar-refractivity contribution in [1.29, 1.82) is 0 Å². The smallest absolute Gasteiger partial charge is 0.120 e. The van der Waals surface area contributed by atoms with E-state index in [4.69, 9.17) is 0 Å². The zero-order valence-corrected chi connectivity index (χ0v) is 29.0. The third-order valence-electron chi connectivity index (χ3n) is 9.57. The van der Waals surface area contributed by atoms with Crippen molar-refractivity contribution in [2.75, 3.05) is 0 Å². The highest BCUT2D eigenvalue weighted by Gasteiger charge is 2.22. The molecule has 0 spiro atoms. The summed E-state index contributed by atoms with van der Waals surface area (Å²) in [7, 11) is 0. The molecule has 0 N–H and O–H groups in total. The van der Waals surface area contributed by atoms with Crippen molar-refractivity contribution in [1.82, 2.24) is 0 Å². The molecule has 2 atom stereocenters. The van der Waals surface area contributed by atoms with Crippen LogP contribution in [0.3, 0.4) is 0 Å². The molecule has 4 rings (SSSR count). The Balaban J connectivity index is 1.36. The van der Waals surface area contributed by atoms with Crippen LogP contribution in [0, 0.1) is 18.8 Å². The highest BCUT2D eigenvalue weighted by molar-refractivity contribution is 5.86. The van der Waals surface area contributed by atoms with E-state index in [0.29, 0.717) is 18.3 Å². The fraction of sp³-hybridized carbons (Fsp3) is 0.400. The minimum Gasteiger partial charge on any atom is -0.303 e. The Labute approximate surface area is 280 Å². The van der Waals surface area contributed by atoms with Gasteiger partial charge in [-0.05, 0) is 127 Å². The van der Waals surface area contributed by atoms with Crippen molar-refractivity contribution < 1.29 is 4.79 Å². The Morgan fingerprint density at radius 3 is 2.43 bits per heavy atom. The van der Waals surface area contributed by atoms with Crippen molar-refractivity contribution in [2.45, 2.75) is 105 Å². The van der Waals surface area contributed by atoms with Gasteiger partial charge in [-0.25, -0.2) is 0 Å². The maximum atomic E-state index is 10.8. The fourth-order valence-corrected chi connectivity index (χ4v) is 6.80. The molecule has 0 aromatic heterocycles. The molecule has 1 heteroatoms. The van der Waals surface area contributed by atoms with Crippen LogP contribution < -0.4 is 0 Å². The molecule has 2 aromatic rings. The maximum Gasteiger partial charge on any atom is 0.120 e. The average molecular weight is 613 g/mol. The number of unbranched alkanes of at least 4 members (excludes halogenated alkanes) is 1. The molecule has 1 saturated carbocycles. The number of hydrogen-bond acceptors (Lipinski definition) is 1. The molecule has 242 valence electrons. The maximum absolute atomic E-state index is 10.8. The molecule has 2 unspecified atom stereocenters. The lowest BCUT2D eigenvalue weighted by molar-refractivity contribution is -0.108. The first-order valence-corrected chi connectivity index (χ1v) is 17.9. The number of benzene rings is 2. The number of carbonyl (C=O) groups is 1. The van der Waals surface area contributed by atoms with Crippen LogP contribution >= 0.6 is 0 Å². The third-order valence-corrected chi connectivity index (χ3v) is 9.57. The predicted octanol–water partition coefficient (Wildman–Crippen LogP) is 12.7. The van der Waals surface area contributed by atoms with Gasteiger partial charge in [-0.2, -0.15) is 0 Å². The molecule has 1 nitrogen and oxygen atoms in total. The number of carbonyl (C=O) groups excluding carboxylic acids is 1. The van der Waals surface area contributed by atoms with E-state index >= 15 is 0 Å². The van der Waals surface area contributed by atoms with Gasteiger partial charge in [0.2, 0.25) is 0 Å². The highest BCUT2D eigenvalue weighted by Crippen LogP contribution is 2.42. The topological polar surface area (TPSA) is 17.1 Å². The summed E-state index contributed by atoms with van der Waals surface area (Å²) in [5, 5.41) is 0. The Kier molecular flexibility index (Phi) is 14.1. The van der Waals surface area contributed by atoms with E-state index in [1.54, 1.807) is 5.57 Å². The first-order chi connectivity index (χ1) is 22.5. The van der Waals surface area contributed by atoms with Gasteiger partial charge < -0.3 is 4.79 Å². The van der Waals surface area contributed by atoms with E-state index in [9.17, 15) is 4.79 Å². The second-order valence-electron chi connectivity index (χ2n) is 13.4. The molecule has 0 bridgehead atoms. The summed E-state index contributed by atoms with van der Waals surface area (Å²) >= 11 is 0. The van der Waals surface area contributed by atoms with Gasteiger partial charge in [0.05, 0.1) is 0 Å². The SMILES string of the molecule is C=C/C=C(CCCCC(/C=C\c1ccc(CC(C)CC=O)cc1C)CC)\C(CCC)=C1\C=CC(C(=C2CC2)c2ccccc2)=CC1. The third kappa shape index (κ3) is 10.4. The first kappa shape index (κ1) is 35.1. The van der Waals surface area contributed by atoms with Crippen molar-refractivity contribution in [2.24, 2.45) is 11.8 Å². The number of aryl methyl sites for hydroxylation is 1. The monoisotopic (exact) mass is 612 g/mol. The summed E-state index contributed by atoms with van der Waals surface area (Å²) in [5.74, 6) is 0.988. The van der Waals surface area contributed by atoms with E-state index in [0.717, 1.165) is 44.8 Å². The average Bonchev–Trinajstić information content (AvgIpc) is 3.90. The Bertz CT molecular complexity index is 1500. The lowest BCUT2D eigenvalue weighted by Gasteiger charge is -2.20. The lowest BCUT2D eigenvalue weighted by atomic mass is 9.85. The van der Waals surface area contributed by atoms with Crippen LogP contribution in [0.5, 0.6) is 0 Å². The van der Waals surface area contributed by atoms with E-state index in [-0.39, 0.29) is 0 Å². The summed E-state index contributed by atoms with van der Waals surface area (Å²) in [6, 6.07) is 17.7. The molecule has 2 aliphatic rings. The molecular formula is C45H56O. The first-order valence-electron chi connectivity index (χ1n) is 17.9. The normalized spacial score (nSPS) is 17.1. The van der Waals surface area contributed by atoms with Gasteiger partial charge in [-0.15, -0.1) is 0 Å². The molecule has 0 amide bonds. The summed E-state index contributed by atoms with van der Waals surface area (Å²) in [6.45, 7) is 13.0. The summed E-state index contributed by atoms with van der Waals surface area (Å²) in [6.07, 6.45) is 30.5. The number of rotatable bonds is 18. The molecule has 2 aromatic carbocycles. The fourth-order valence-electron chi connectivity index (χ4n) is 6.80. The number of aldehydes is 1. The van der Waals surface area contributed by atoms with Crippen LogP contribution in [0.1, 0.15) is 114 Å². The molecule has 0 saturated heterocycles. The van der Waals surface area contributed by atoms with Crippen molar-refractivity contribution in [3.63, 3.8) is 0 Å². The van der Waals surface area contributed by atoms with Crippen molar-refractivity contribution >= 4 is 17.9 Å². The van der Waals surface area contributed by atoms with Crippen LogP contribution in [-0.4, -0.2) is 6.29 Å². The van der Waals surface area contributed by atoms with E-state index in [1.807, 2.05) is 6.08 Å². The number of hydrogen-bond donors (Lipinski definition) is 0. The van der Waals surface area contributed by atoms with Gasteiger partial charge in [0, 0.05) is 6.42 Å². The van der Waals surface area contributed by atoms with Gasteiger partial charge in [0.15, 0.2) is 0 Å². The predicted molar refractivity (Wildman–Crippen MR) is 201 cm³/mol. The molecule has 0 aliphatic heterocycles. The van der Waals surface area contributed by atoms with Crippen molar-refractivity contribution in [3.8, 4) is 0 Å². The minimum absolute atomic E-state index is 0.394. The Morgan fingerprint density at radius 2 is 1.80 bits per heavy atom. The molecule has 2 aliphatic carbocycles. The van der Waals surface area contributed by atoms with Gasteiger partial charge in [0.25, 0.3) is 0 Å². The molecule has 0 radical (unpaired) electrons. The van der Waals surface area contributed by atoms with Crippen LogP contribution in [-0.2, 0) is 11.2 Å². The second kappa shape index (κ2) is 18.4. The van der Waals surface area contributed by atoms with Crippen LogP contribution in [0.4, 0.5) is 0 Å². The van der Waals surface area contributed by atoms with Crippen LogP contribution in [0.25, 0.3) is 11.6 Å². The van der Waals surface area contributed by atoms with E-state index in [1.165, 1.54) is 82.2 Å². The largest absolute Gasteiger partial charge is 0.303 e. The molecular weight excluding hydrogens is 556 g/mol. The van der Waals surface area contributed by atoms with E-state index in [2.05, 4.69) is 119 Å². The summed E-state index contributed by atoms with van der Waals surface area (Å²) in [5.41, 5.74) is 14.2. The lowest BCUT2D eigenvalue weighted by Crippen LogP contribution is -2.01. The van der Waals surface area contributed by atoms with Crippen LogP contribution in [0.15, 0.2) is 119 Å². The van der Waals surface area contributed by atoms with Crippen molar-refractivity contribution in [3.05, 3.63) is 142 Å². The minimum atomic E-state index is 0.394. The Morgan fingerprint density at radius 1 is 1.00 bits per heavy atom. The molecule has 1 fully saturated rings. The molecule has 0 heterocycles. The summed E-state index contributed by atoms with van der Waals surface area (Å²) in [4.78, 5) is 10.8. The van der Waals surface area contributed by atoms with Crippen LogP contribution in [0.2, 0.25) is 0 Å². The summed E-state index contributed by atoms with van der Waals surface area (Å²) < 4.78 is 0. The van der Waals surface area contributed by atoms with Gasteiger partial charge in [0.1, 0.15) is 6.29 Å². The second-order valence-corrected chi connectivity index (χ2v) is 13.4. The highest BCUT2D eigenvalue weighted by atomic mass is 16.1. The molecule has 46 heavy (non-hydrogen) atoms. The zero-order chi connectivity index (χ0) is 32.7. The zero-order valence-electron chi connectivity index (χ0n) is 29.0.